The first kappa shape index (κ1) is 16.2. The van der Waals surface area contributed by atoms with Crippen molar-refractivity contribution in [3.05, 3.63) is 64.7 Å². The van der Waals surface area contributed by atoms with Crippen LogP contribution in [-0.4, -0.2) is 11.8 Å². The standard InChI is InChI=1S/C20H22N2O2/c1-13-4-3-5-14(2)18(13)22-20(24)17-8-6-15(7-9-17)12-21-19(23)16-10-11-16/h3-9,16H,10-12H2,1-2H3,(H,21,23)(H,22,24). The Hall–Kier alpha value is -2.62. The van der Waals surface area contributed by atoms with Gasteiger partial charge in [-0.15, -0.1) is 0 Å². The van der Waals surface area contributed by atoms with Crippen LogP contribution < -0.4 is 10.6 Å². The van der Waals surface area contributed by atoms with E-state index in [-0.39, 0.29) is 17.7 Å². The summed E-state index contributed by atoms with van der Waals surface area (Å²) in [6, 6.07) is 13.3. The zero-order valence-electron chi connectivity index (χ0n) is 14.1. The number of para-hydroxylation sites is 1. The molecule has 0 heterocycles. The minimum Gasteiger partial charge on any atom is -0.352 e. The van der Waals surface area contributed by atoms with Gasteiger partial charge in [-0.25, -0.2) is 0 Å². The van der Waals surface area contributed by atoms with E-state index in [0.29, 0.717) is 12.1 Å². The molecule has 2 aromatic carbocycles. The van der Waals surface area contributed by atoms with Crippen molar-refractivity contribution >= 4 is 17.5 Å². The second-order valence-electron chi connectivity index (χ2n) is 6.41. The highest BCUT2D eigenvalue weighted by Gasteiger charge is 2.29. The topological polar surface area (TPSA) is 58.2 Å². The summed E-state index contributed by atoms with van der Waals surface area (Å²) in [6.45, 7) is 4.47. The van der Waals surface area contributed by atoms with Crippen LogP contribution in [0.1, 0.15) is 39.9 Å². The zero-order valence-corrected chi connectivity index (χ0v) is 14.1. The van der Waals surface area contributed by atoms with E-state index in [0.717, 1.165) is 35.2 Å². The Morgan fingerprint density at radius 2 is 1.62 bits per heavy atom. The molecule has 2 amide bonds. The molecule has 2 aromatic rings. The molecule has 1 aliphatic carbocycles. The first-order chi connectivity index (χ1) is 11.5. The number of aryl methyl sites for hydroxylation is 2. The highest BCUT2D eigenvalue weighted by molar-refractivity contribution is 6.05. The van der Waals surface area contributed by atoms with Gasteiger partial charge in [0.25, 0.3) is 5.91 Å². The summed E-state index contributed by atoms with van der Waals surface area (Å²) < 4.78 is 0. The average Bonchev–Trinajstić information content (AvgIpc) is 3.41. The highest BCUT2D eigenvalue weighted by Crippen LogP contribution is 2.28. The van der Waals surface area contributed by atoms with Gasteiger partial charge in [0.2, 0.25) is 5.91 Å². The summed E-state index contributed by atoms with van der Waals surface area (Å²) >= 11 is 0. The molecule has 2 N–H and O–H groups in total. The fraction of sp³-hybridized carbons (Fsp3) is 0.300. The van der Waals surface area contributed by atoms with Gasteiger partial charge in [-0.3, -0.25) is 9.59 Å². The molecule has 3 rings (SSSR count). The van der Waals surface area contributed by atoms with Crippen molar-refractivity contribution in [2.24, 2.45) is 5.92 Å². The maximum absolute atomic E-state index is 12.4. The number of carbonyl (C=O) groups is 2. The highest BCUT2D eigenvalue weighted by atomic mass is 16.2. The van der Waals surface area contributed by atoms with Crippen molar-refractivity contribution in [3.63, 3.8) is 0 Å². The second-order valence-corrected chi connectivity index (χ2v) is 6.41. The van der Waals surface area contributed by atoms with Crippen LogP contribution in [-0.2, 0) is 11.3 Å². The first-order valence-electron chi connectivity index (χ1n) is 8.29. The van der Waals surface area contributed by atoms with Gasteiger partial charge in [0, 0.05) is 23.7 Å². The van der Waals surface area contributed by atoms with Crippen LogP contribution in [0.3, 0.4) is 0 Å². The first-order valence-corrected chi connectivity index (χ1v) is 8.29. The van der Waals surface area contributed by atoms with Crippen molar-refractivity contribution in [3.8, 4) is 0 Å². The van der Waals surface area contributed by atoms with Gasteiger partial charge in [-0.2, -0.15) is 0 Å². The predicted octanol–water partition coefficient (Wildman–Crippen LogP) is 3.58. The summed E-state index contributed by atoms with van der Waals surface area (Å²) in [5.41, 5.74) is 4.55. The molecule has 24 heavy (non-hydrogen) atoms. The third-order valence-corrected chi connectivity index (χ3v) is 4.35. The van der Waals surface area contributed by atoms with Crippen molar-refractivity contribution in [2.75, 3.05) is 5.32 Å². The van der Waals surface area contributed by atoms with E-state index in [4.69, 9.17) is 0 Å². The molecule has 1 saturated carbocycles. The Morgan fingerprint density at radius 1 is 1.00 bits per heavy atom. The third kappa shape index (κ3) is 3.82. The molecule has 4 nitrogen and oxygen atoms in total. The molecule has 0 unspecified atom stereocenters. The monoisotopic (exact) mass is 322 g/mol. The van der Waals surface area contributed by atoms with E-state index in [9.17, 15) is 9.59 Å². The molecule has 124 valence electrons. The molecule has 0 atom stereocenters. The number of nitrogens with one attached hydrogen (secondary N) is 2. The summed E-state index contributed by atoms with van der Waals surface area (Å²) in [4.78, 5) is 24.1. The van der Waals surface area contributed by atoms with Gasteiger partial charge in [0.15, 0.2) is 0 Å². The average molecular weight is 322 g/mol. The number of anilines is 1. The lowest BCUT2D eigenvalue weighted by Gasteiger charge is -2.12. The maximum atomic E-state index is 12.4. The summed E-state index contributed by atoms with van der Waals surface area (Å²) in [5.74, 6) is 0.222. The van der Waals surface area contributed by atoms with Gasteiger partial charge in [0.05, 0.1) is 0 Å². The van der Waals surface area contributed by atoms with Crippen LogP contribution >= 0.6 is 0 Å². The number of carbonyl (C=O) groups excluding carboxylic acids is 2. The smallest absolute Gasteiger partial charge is 0.255 e. The van der Waals surface area contributed by atoms with Crippen LogP contribution in [0, 0.1) is 19.8 Å². The van der Waals surface area contributed by atoms with Crippen LogP contribution in [0.5, 0.6) is 0 Å². The van der Waals surface area contributed by atoms with Crippen LogP contribution in [0.4, 0.5) is 5.69 Å². The Labute approximate surface area is 142 Å². The quantitative estimate of drug-likeness (QED) is 0.884. The maximum Gasteiger partial charge on any atom is 0.255 e. The predicted molar refractivity (Wildman–Crippen MR) is 94.9 cm³/mol. The summed E-state index contributed by atoms with van der Waals surface area (Å²) in [5, 5.41) is 5.90. The summed E-state index contributed by atoms with van der Waals surface area (Å²) in [7, 11) is 0. The lowest BCUT2D eigenvalue weighted by atomic mass is 10.1. The van der Waals surface area contributed by atoms with Crippen LogP contribution in [0.15, 0.2) is 42.5 Å². The Kier molecular flexibility index (Phi) is 4.65. The fourth-order valence-electron chi connectivity index (χ4n) is 2.65. The van der Waals surface area contributed by atoms with E-state index in [2.05, 4.69) is 10.6 Å². The largest absolute Gasteiger partial charge is 0.352 e. The van der Waals surface area contributed by atoms with Gasteiger partial charge < -0.3 is 10.6 Å². The molecule has 0 spiro atoms. The SMILES string of the molecule is Cc1cccc(C)c1NC(=O)c1ccc(CNC(=O)C2CC2)cc1. The van der Waals surface area contributed by atoms with Crippen molar-refractivity contribution in [1.82, 2.24) is 5.32 Å². The molecule has 1 fully saturated rings. The number of benzene rings is 2. The van der Waals surface area contributed by atoms with E-state index in [1.807, 2.05) is 44.2 Å². The molecule has 4 heteroatoms. The van der Waals surface area contributed by atoms with Crippen LogP contribution in [0.2, 0.25) is 0 Å². The lowest BCUT2D eigenvalue weighted by molar-refractivity contribution is -0.122. The van der Waals surface area contributed by atoms with Gasteiger partial charge >= 0.3 is 0 Å². The lowest BCUT2D eigenvalue weighted by Crippen LogP contribution is -2.24. The molecule has 0 saturated heterocycles. The Bertz CT molecular complexity index is 741. The third-order valence-electron chi connectivity index (χ3n) is 4.35. The fourth-order valence-corrected chi connectivity index (χ4v) is 2.65. The Morgan fingerprint density at radius 3 is 2.21 bits per heavy atom. The Balaban J connectivity index is 1.62. The minimum absolute atomic E-state index is 0.124. The van der Waals surface area contributed by atoms with Gasteiger partial charge in [-0.05, 0) is 55.5 Å². The molecular formula is C20H22N2O2. The van der Waals surface area contributed by atoms with Gasteiger partial charge in [0.1, 0.15) is 0 Å². The number of hydrogen-bond acceptors (Lipinski definition) is 2. The van der Waals surface area contributed by atoms with E-state index in [1.165, 1.54) is 0 Å². The van der Waals surface area contributed by atoms with Crippen molar-refractivity contribution < 1.29 is 9.59 Å². The van der Waals surface area contributed by atoms with Crippen molar-refractivity contribution in [1.29, 1.82) is 0 Å². The second kappa shape index (κ2) is 6.87. The zero-order chi connectivity index (χ0) is 17.1. The molecule has 0 radical (unpaired) electrons. The normalized spacial score (nSPS) is 13.4. The number of amides is 2. The molecule has 0 aliphatic heterocycles. The molecular weight excluding hydrogens is 300 g/mol. The van der Waals surface area contributed by atoms with Gasteiger partial charge in [-0.1, -0.05) is 30.3 Å². The van der Waals surface area contributed by atoms with Crippen LogP contribution in [0.25, 0.3) is 0 Å². The summed E-state index contributed by atoms with van der Waals surface area (Å²) in [6.07, 6.45) is 2.01. The van der Waals surface area contributed by atoms with E-state index < -0.39 is 0 Å². The van der Waals surface area contributed by atoms with E-state index in [1.54, 1.807) is 12.1 Å². The molecule has 0 aromatic heterocycles. The number of rotatable bonds is 5. The molecule has 0 bridgehead atoms. The molecule has 1 aliphatic rings. The van der Waals surface area contributed by atoms with E-state index >= 15 is 0 Å². The number of hydrogen-bond donors (Lipinski definition) is 2. The minimum atomic E-state index is -0.124. The van der Waals surface area contributed by atoms with Crippen molar-refractivity contribution in [2.45, 2.75) is 33.2 Å².